The van der Waals surface area contributed by atoms with Gasteiger partial charge in [0.1, 0.15) is 4.90 Å². The Morgan fingerprint density at radius 1 is 0.944 bits per heavy atom. The van der Waals surface area contributed by atoms with Gasteiger partial charge in [0.2, 0.25) is 0 Å². The van der Waals surface area contributed by atoms with E-state index < -0.39 is 26.5 Å². The van der Waals surface area contributed by atoms with Crippen molar-refractivity contribution in [3.63, 3.8) is 0 Å². The van der Waals surface area contributed by atoms with Crippen LogP contribution in [0, 0.1) is 0 Å². The van der Waals surface area contributed by atoms with Crippen LogP contribution in [-0.4, -0.2) is 23.2 Å². The summed E-state index contributed by atoms with van der Waals surface area (Å²) in [7, 11) is -4.58. The highest BCUT2D eigenvalue weighted by Crippen LogP contribution is 2.43. The lowest BCUT2D eigenvalue weighted by molar-refractivity contribution is 0.381. The van der Waals surface area contributed by atoms with Gasteiger partial charge in [0.15, 0.2) is 11.5 Å². The molecule has 0 radical (unpaired) electrons. The van der Waals surface area contributed by atoms with Crippen LogP contribution in [0.15, 0.2) is 11.0 Å². The lowest BCUT2D eigenvalue weighted by atomic mass is 9.94. The highest BCUT2D eigenvalue weighted by atomic mass is 32.2. The number of benzene rings is 1. The third-order valence-corrected chi connectivity index (χ3v) is 3.73. The average molecular weight is 274 g/mol. The van der Waals surface area contributed by atoms with Gasteiger partial charge >= 0.3 is 0 Å². The Labute approximate surface area is 107 Å². The smallest absolute Gasteiger partial charge is 0.298 e. The first-order valence-corrected chi connectivity index (χ1v) is 7.07. The zero-order valence-corrected chi connectivity index (χ0v) is 11.6. The lowest BCUT2D eigenvalue weighted by Gasteiger charge is -2.18. The molecule has 1 aromatic rings. The van der Waals surface area contributed by atoms with E-state index in [0.29, 0.717) is 5.56 Å². The van der Waals surface area contributed by atoms with E-state index in [1.54, 1.807) is 13.8 Å². The molecule has 0 atom stereocenters. The van der Waals surface area contributed by atoms with Crippen LogP contribution in [0.5, 0.6) is 11.5 Å². The molecule has 0 bridgehead atoms. The minimum Gasteiger partial charge on any atom is -0.504 e. The summed E-state index contributed by atoms with van der Waals surface area (Å²) in [5.41, 5.74) is 0.736. The normalized spacial score (nSPS) is 12.4. The Morgan fingerprint density at radius 2 is 1.39 bits per heavy atom. The fraction of sp³-hybridized carbons (Fsp3) is 0.500. The van der Waals surface area contributed by atoms with Crippen LogP contribution in [0.2, 0.25) is 0 Å². The second-order valence-corrected chi connectivity index (χ2v) is 6.22. The molecule has 1 rings (SSSR count). The number of hydrogen-bond acceptors (Lipinski definition) is 4. The van der Waals surface area contributed by atoms with E-state index in [9.17, 15) is 18.6 Å². The van der Waals surface area contributed by atoms with Crippen LogP contribution in [0.3, 0.4) is 0 Å². The van der Waals surface area contributed by atoms with Crippen LogP contribution >= 0.6 is 0 Å². The third kappa shape index (κ3) is 2.59. The van der Waals surface area contributed by atoms with E-state index in [2.05, 4.69) is 0 Å². The van der Waals surface area contributed by atoms with Crippen molar-refractivity contribution < 1.29 is 23.2 Å². The molecule has 0 amide bonds. The molecule has 18 heavy (non-hydrogen) atoms. The summed E-state index contributed by atoms with van der Waals surface area (Å²) in [6.45, 7) is 7.10. The molecule has 0 aliphatic carbocycles. The van der Waals surface area contributed by atoms with Gasteiger partial charge in [-0.3, -0.25) is 4.55 Å². The van der Waals surface area contributed by atoms with Crippen molar-refractivity contribution >= 4 is 10.1 Å². The Balaban J connectivity index is 3.78. The Kier molecular flexibility index (Phi) is 3.92. The molecular weight excluding hydrogens is 256 g/mol. The molecule has 0 fully saturated rings. The molecule has 1 aromatic carbocycles. The Bertz CT molecular complexity index is 558. The zero-order valence-electron chi connectivity index (χ0n) is 10.8. The third-order valence-electron chi connectivity index (χ3n) is 2.79. The molecular formula is C12H18O5S. The number of phenolic OH excluding ortho intramolecular Hbond substituents is 2. The fourth-order valence-corrected chi connectivity index (χ4v) is 2.76. The largest absolute Gasteiger partial charge is 0.504 e. The number of phenols is 2. The molecule has 0 heterocycles. The van der Waals surface area contributed by atoms with Gasteiger partial charge < -0.3 is 10.2 Å². The molecule has 0 aromatic heterocycles. The van der Waals surface area contributed by atoms with Gasteiger partial charge in [0.05, 0.1) is 0 Å². The minimum atomic E-state index is -4.58. The number of aromatic hydroxyl groups is 2. The van der Waals surface area contributed by atoms with Gasteiger partial charge in [-0.2, -0.15) is 8.42 Å². The van der Waals surface area contributed by atoms with E-state index in [1.165, 1.54) is 6.07 Å². The standard InChI is InChI=1S/C12H18O5S/c1-6(2)8-5-9(7(3)4)12(18(15,16)17)11(14)10(8)13/h5-7,13-14H,1-4H3,(H,15,16,17). The maximum atomic E-state index is 11.3. The van der Waals surface area contributed by atoms with Crippen molar-refractivity contribution in [2.45, 2.75) is 44.4 Å². The maximum Gasteiger partial charge on any atom is 0.298 e. The molecule has 102 valence electrons. The molecule has 3 N–H and O–H groups in total. The second-order valence-electron chi connectivity index (χ2n) is 4.87. The monoisotopic (exact) mass is 274 g/mol. The molecule has 0 aliphatic rings. The highest BCUT2D eigenvalue weighted by Gasteiger charge is 2.27. The van der Waals surface area contributed by atoms with Crippen LogP contribution < -0.4 is 0 Å². The quantitative estimate of drug-likeness (QED) is 0.581. The Morgan fingerprint density at radius 3 is 1.72 bits per heavy atom. The van der Waals surface area contributed by atoms with Crippen molar-refractivity contribution in [2.24, 2.45) is 0 Å². The van der Waals surface area contributed by atoms with Gasteiger partial charge in [-0.05, 0) is 23.5 Å². The van der Waals surface area contributed by atoms with Gasteiger partial charge in [0, 0.05) is 5.56 Å². The van der Waals surface area contributed by atoms with Crippen LogP contribution in [0.25, 0.3) is 0 Å². The number of rotatable bonds is 3. The van der Waals surface area contributed by atoms with Crippen molar-refractivity contribution in [1.29, 1.82) is 0 Å². The van der Waals surface area contributed by atoms with Crippen molar-refractivity contribution in [1.82, 2.24) is 0 Å². The summed E-state index contributed by atoms with van der Waals surface area (Å²) in [5, 5.41) is 19.6. The SMILES string of the molecule is CC(C)c1cc(C(C)C)c(S(=O)(=O)O)c(O)c1O. The average Bonchev–Trinajstić information content (AvgIpc) is 2.18. The van der Waals surface area contributed by atoms with Crippen LogP contribution in [-0.2, 0) is 10.1 Å². The summed E-state index contributed by atoms with van der Waals surface area (Å²) >= 11 is 0. The van der Waals surface area contributed by atoms with E-state index in [0.717, 1.165) is 0 Å². The summed E-state index contributed by atoms with van der Waals surface area (Å²) in [4.78, 5) is -0.612. The van der Waals surface area contributed by atoms with E-state index >= 15 is 0 Å². The predicted octanol–water partition coefficient (Wildman–Crippen LogP) is 2.59. The first-order valence-electron chi connectivity index (χ1n) is 5.63. The van der Waals surface area contributed by atoms with E-state index in [-0.39, 0.29) is 17.4 Å². The predicted molar refractivity (Wildman–Crippen MR) is 67.8 cm³/mol. The van der Waals surface area contributed by atoms with Crippen molar-refractivity contribution in [2.75, 3.05) is 0 Å². The molecule has 0 unspecified atom stereocenters. The van der Waals surface area contributed by atoms with Crippen LogP contribution in [0.1, 0.15) is 50.7 Å². The topological polar surface area (TPSA) is 94.8 Å². The molecule has 6 heteroatoms. The van der Waals surface area contributed by atoms with Crippen molar-refractivity contribution in [3.8, 4) is 11.5 Å². The van der Waals surface area contributed by atoms with Gasteiger partial charge in [-0.25, -0.2) is 0 Å². The maximum absolute atomic E-state index is 11.3. The zero-order chi connectivity index (χ0) is 14.2. The molecule has 0 spiro atoms. The molecule has 0 aliphatic heterocycles. The molecule has 0 saturated carbocycles. The number of hydrogen-bond donors (Lipinski definition) is 3. The second kappa shape index (κ2) is 4.78. The highest BCUT2D eigenvalue weighted by molar-refractivity contribution is 7.86. The van der Waals surface area contributed by atoms with Crippen molar-refractivity contribution in [3.05, 3.63) is 17.2 Å². The fourth-order valence-electron chi connectivity index (χ4n) is 1.82. The Hall–Kier alpha value is -1.27. The van der Waals surface area contributed by atoms with Crippen LogP contribution in [0.4, 0.5) is 0 Å². The van der Waals surface area contributed by atoms with Gasteiger partial charge in [-0.1, -0.05) is 27.7 Å². The van der Waals surface area contributed by atoms with E-state index in [4.69, 9.17) is 4.55 Å². The first-order chi connectivity index (χ1) is 8.07. The van der Waals surface area contributed by atoms with Gasteiger partial charge in [-0.15, -0.1) is 0 Å². The molecule has 5 nitrogen and oxygen atoms in total. The summed E-state index contributed by atoms with van der Waals surface area (Å²) in [5.74, 6) is -1.58. The molecule has 0 saturated heterocycles. The van der Waals surface area contributed by atoms with E-state index in [1.807, 2.05) is 13.8 Å². The summed E-state index contributed by atoms with van der Waals surface area (Å²) in [6.07, 6.45) is 0. The summed E-state index contributed by atoms with van der Waals surface area (Å²) in [6, 6.07) is 1.51. The minimum absolute atomic E-state index is 0.0798. The lowest BCUT2D eigenvalue weighted by Crippen LogP contribution is -2.07. The van der Waals surface area contributed by atoms with Gasteiger partial charge in [0.25, 0.3) is 10.1 Å². The summed E-state index contributed by atoms with van der Waals surface area (Å²) < 4.78 is 31.7. The first kappa shape index (κ1) is 14.8.